The van der Waals surface area contributed by atoms with Crippen molar-refractivity contribution >= 4 is 22.5 Å². The van der Waals surface area contributed by atoms with Crippen LogP contribution in [0.25, 0.3) is 10.9 Å². The average Bonchev–Trinajstić information content (AvgIpc) is 3.13. The number of anilines is 2. The van der Waals surface area contributed by atoms with Gasteiger partial charge in [-0.3, -0.25) is 9.48 Å². The first-order valence-corrected chi connectivity index (χ1v) is 9.59. The van der Waals surface area contributed by atoms with E-state index in [1.165, 1.54) is 12.4 Å². The van der Waals surface area contributed by atoms with Crippen molar-refractivity contribution in [3.05, 3.63) is 41.2 Å². The lowest BCUT2D eigenvalue weighted by Gasteiger charge is -2.36. The summed E-state index contributed by atoms with van der Waals surface area (Å²) in [5, 5.41) is 12.1. The molecular formula is C19H25N7O2. The molecule has 28 heavy (non-hydrogen) atoms. The minimum Gasteiger partial charge on any atom is -0.379 e. The molecule has 1 aliphatic rings. The van der Waals surface area contributed by atoms with Gasteiger partial charge in [-0.25, -0.2) is 9.97 Å². The molecule has 9 heteroatoms. The van der Waals surface area contributed by atoms with Gasteiger partial charge in [0.15, 0.2) is 5.82 Å². The third kappa shape index (κ3) is 3.63. The van der Waals surface area contributed by atoms with Gasteiger partial charge in [-0.2, -0.15) is 5.10 Å². The molecule has 1 fully saturated rings. The van der Waals surface area contributed by atoms with Crippen molar-refractivity contribution in [1.29, 1.82) is 0 Å². The van der Waals surface area contributed by atoms with E-state index in [2.05, 4.69) is 37.6 Å². The summed E-state index contributed by atoms with van der Waals surface area (Å²) >= 11 is 0. The normalized spacial score (nSPS) is 22.4. The van der Waals surface area contributed by atoms with E-state index in [4.69, 9.17) is 4.74 Å². The summed E-state index contributed by atoms with van der Waals surface area (Å²) in [5.41, 5.74) is 0.665. The number of aromatic amines is 1. The maximum absolute atomic E-state index is 11.9. The van der Waals surface area contributed by atoms with Crippen LogP contribution in [0.4, 0.5) is 11.6 Å². The van der Waals surface area contributed by atoms with Gasteiger partial charge in [-0.05, 0) is 25.8 Å². The highest BCUT2D eigenvalue weighted by atomic mass is 16.5. The Morgan fingerprint density at radius 2 is 2.21 bits per heavy atom. The predicted molar refractivity (Wildman–Crippen MR) is 107 cm³/mol. The van der Waals surface area contributed by atoms with E-state index in [0.717, 1.165) is 36.7 Å². The minimum absolute atomic E-state index is 0.0871. The van der Waals surface area contributed by atoms with Gasteiger partial charge in [0.25, 0.3) is 5.56 Å². The van der Waals surface area contributed by atoms with E-state index < -0.39 is 0 Å². The molecule has 3 aromatic rings. The second-order valence-corrected chi connectivity index (χ2v) is 7.02. The number of nitrogens with one attached hydrogen (secondary N) is 3. The van der Waals surface area contributed by atoms with Gasteiger partial charge in [0.2, 0.25) is 0 Å². The lowest BCUT2D eigenvalue weighted by Crippen LogP contribution is -2.42. The Morgan fingerprint density at radius 1 is 1.32 bits per heavy atom. The van der Waals surface area contributed by atoms with Crippen LogP contribution in [0, 0.1) is 0 Å². The lowest BCUT2D eigenvalue weighted by atomic mass is 9.88. The molecule has 1 saturated carbocycles. The Kier molecular flexibility index (Phi) is 5.36. The molecule has 0 amide bonds. The van der Waals surface area contributed by atoms with E-state index in [9.17, 15) is 4.79 Å². The molecule has 0 spiro atoms. The van der Waals surface area contributed by atoms with Crippen LogP contribution < -0.4 is 16.2 Å². The molecule has 0 radical (unpaired) electrons. The third-order valence-corrected chi connectivity index (χ3v) is 5.30. The number of pyridine rings is 1. The van der Waals surface area contributed by atoms with E-state index in [1.54, 1.807) is 13.3 Å². The van der Waals surface area contributed by atoms with E-state index in [-0.39, 0.29) is 23.5 Å². The highest BCUT2D eigenvalue weighted by Gasteiger charge is 2.32. The molecule has 9 nitrogen and oxygen atoms in total. The molecule has 4 rings (SSSR count). The number of hydrogen-bond donors (Lipinski definition) is 3. The number of fused-ring (bicyclic) bond motifs is 1. The first-order valence-electron chi connectivity index (χ1n) is 9.59. The van der Waals surface area contributed by atoms with Crippen LogP contribution in [0.1, 0.15) is 32.2 Å². The SMILES string of the molecule is CCNC1CCC(n2ncc3cnc(Nc4ncc[nH]c4=O)cc32)C(OC)C1. The smallest absolute Gasteiger partial charge is 0.291 e. The molecular weight excluding hydrogens is 358 g/mol. The first-order chi connectivity index (χ1) is 13.7. The highest BCUT2D eigenvalue weighted by Crippen LogP contribution is 2.33. The second-order valence-electron chi connectivity index (χ2n) is 7.02. The minimum atomic E-state index is -0.293. The average molecular weight is 383 g/mol. The summed E-state index contributed by atoms with van der Waals surface area (Å²) in [4.78, 5) is 22.9. The summed E-state index contributed by atoms with van der Waals surface area (Å²) in [5.74, 6) is 0.759. The highest BCUT2D eigenvalue weighted by molar-refractivity contribution is 5.81. The fraction of sp³-hybridized carbons (Fsp3) is 0.474. The van der Waals surface area contributed by atoms with Crippen LogP contribution in [-0.4, -0.2) is 50.5 Å². The molecule has 0 bridgehead atoms. The summed E-state index contributed by atoms with van der Waals surface area (Å²) in [7, 11) is 1.76. The van der Waals surface area contributed by atoms with Crippen molar-refractivity contribution < 1.29 is 4.74 Å². The Morgan fingerprint density at radius 3 is 3.00 bits per heavy atom. The van der Waals surface area contributed by atoms with Crippen LogP contribution in [0.3, 0.4) is 0 Å². The Bertz CT molecular complexity index is 999. The molecule has 3 heterocycles. The Balaban J connectivity index is 1.63. The van der Waals surface area contributed by atoms with Crippen molar-refractivity contribution in [3.63, 3.8) is 0 Å². The van der Waals surface area contributed by atoms with Crippen LogP contribution >= 0.6 is 0 Å². The van der Waals surface area contributed by atoms with Crippen molar-refractivity contribution in [1.82, 2.24) is 30.0 Å². The zero-order chi connectivity index (χ0) is 19.5. The van der Waals surface area contributed by atoms with Gasteiger partial charge in [0.1, 0.15) is 5.82 Å². The number of aromatic nitrogens is 5. The van der Waals surface area contributed by atoms with E-state index >= 15 is 0 Å². The van der Waals surface area contributed by atoms with Crippen molar-refractivity contribution in [3.8, 4) is 0 Å². The zero-order valence-corrected chi connectivity index (χ0v) is 16.1. The van der Waals surface area contributed by atoms with Crippen molar-refractivity contribution in [2.45, 2.75) is 44.4 Å². The molecule has 3 N–H and O–H groups in total. The number of rotatable bonds is 6. The van der Waals surface area contributed by atoms with Gasteiger partial charge in [0, 0.05) is 43.2 Å². The number of ether oxygens (including phenoxy) is 1. The molecule has 0 saturated heterocycles. The molecule has 3 aromatic heterocycles. The van der Waals surface area contributed by atoms with Gasteiger partial charge in [-0.15, -0.1) is 0 Å². The van der Waals surface area contributed by atoms with E-state index in [0.29, 0.717) is 11.9 Å². The van der Waals surface area contributed by atoms with Crippen LogP contribution in [-0.2, 0) is 4.74 Å². The van der Waals surface area contributed by atoms with Gasteiger partial charge < -0.3 is 20.4 Å². The quantitative estimate of drug-likeness (QED) is 0.597. The van der Waals surface area contributed by atoms with Gasteiger partial charge >= 0.3 is 0 Å². The van der Waals surface area contributed by atoms with Crippen molar-refractivity contribution in [2.24, 2.45) is 0 Å². The fourth-order valence-electron chi connectivity index (χ4n) is 3.95. The summed E-state index contributed by atoms with van der Waals surface area (Å²) in [6.45, 7) is 3.09. The lowest BCUT2D eigenvalue weighted by molar-refractivity contribution is 0.0156. The largest absolute Gasteiger partial charge is 0.379 e. The van der Waals surface area contributed by atoms with Crippen LogP contribution in [0.5, 0.6) is 0 Å². The number of nitrogens with zero attached hydrogens (tertiary/aromatic N) is 4. The monoisotopic (exact) mass is 383 g/mol. The second kappa shape index (κ2) is 8.07. The predicted octanol–water partition coefficient (Wildman–Crippen LogP) is 1.98. The molecule has 0 aromatic carbocycles. The molecule has 1 aliphatic carbocycles. The topological polar surface area (TPSA) is 110 Å². The number of methoxy groups -OCH3 is 1. The molecule has 3 unspecified atom stereocenters. The molecule has 0 aliphatic heterocycles. The molecule has 3 atom stereocenters. The summed E-state index contributed by atoms with van der Waals surface area (Å²) in [6, 6.07) is 2.54. The summed E-state index contributed by atoms with van der Waals surface area (Å²) < 4.78 is 7.84. The van der Waals surface area contributed by atoms with Gasteiger partial charge in [-0.1, -0.05) is 6.92 Å². The fourth-order valence-corrected chi connectivity index (χ4v) is 3.95. The standard InChI is InChI=1S/C19H25N7O2/c1-3-20-13-4-5-14(16(8-13)28-2)26-15-9-17(23-10-12(15)11-24-26)25-18-19(27)22-7-6-21-18/h6-7,9-11,13-14,16,20H,3-5,8H2,1-2H3,(H,22,27)(H,21,23,25). The van der Waals surface area contributed by atoms with Crippen LogP contribution in [0.15, 0.2) is 35.6 Å². The van der Waals surface area contributed by atoms with Crippen molar-refractivity contribution in [2.75, 3.05) is 19.0 Å². The first kappa shape index (κ1) is 18.6. The number of hydrogen-bond acceptors (Lipinski definition) is 7. The van der Waals surface area contributed by atoms with Crippen LogP contribution in [0.2, 0.25) is 0 Å². The number of H-pyrrole nitrogens is 1. The Labute approximate surface area is 162 Å². The maximum atomic E-state index is 11.9. The van der Waals surface area contributed by atoms with E-state index in [1.807, 2.05) is 16.9 Å². The Hall–Kier alpha value is -2.78. The zero-order valence-electron chi connectivity index (χ0n) is 16.1. The third-order valence-electron chi connectivity index (χ3n) is 5.30. The maximum Gasteiger partial charge on any atom is 0.291 e. The molecule has 148 valence electrons. The van der Waals surface area contributed by atoms with Gasteiger partial charge in [0.05, 0.1) is 23.9 Å². The summed E-state index contributed by atoms with van der Waals surface area (Å²) in [6.07, 6.45) is 9.70.